The summed E-state index contributed by atoms with van der Waals surface area (Å²) in [6, 6.07) is 7.15. The minimum atomic E-state index is -1.87. The number of amides is 1. The van der Waals surface area contributed by atoms with E-state index >= 15 is 0 Å². The van der Waals surface area contributed by atoms with Gasteiger partial charge in [-0.25, -0.2) is 18.3 Å². The molecule has 13 heteroatoms. The molecular formula is C30H31F4N3O6. The van der Waals surface area contributed by atoms with E-state index in [0.717, 1.165) is 11.1 Å². The van der Waals surface area contributed by atoms with E-state index in [1.807, 2.05) is 24.3 Å². The smallest absolute Gasteiger partial charge is 0.326 e. The molecule has 0 spiro atoms. The zero-order valence-electron chi connectivity index (χ0n) is 23.9. The lowest BCUT2D eigenvalue weighted by Gasteiger charge is -2.20. The number of ketones is 1. The monoisotopic (exact) mass is 605 g/mol. The molecule has 3 rings (SSSR count). The lowest BCUT2D eigenvalue weighted by atomic mass is 9.86. The number of aromatic nitrogens is 2. The van der Waals surface area contributed by atoms with Crippen LogP contribution < -0.4 is 15.6 Å². The number of halogens is 4. The number of carboxylic acid groups (broad SMARTS) is 1. The van der Waals surface area contributed by atoms with Crippen LogP contribution in [0.1, 0.15) is 63.1 Å². The van der Waals surface area contributed by atoms with Crippen LogP contribution in [0.2, 0.25) is 0 Å². The number of aliphatic carboxylic acids is 1. The number of nitrogens with zero attached hydrogens (tertiary/aromatic N) is 2. The molecule has 0 fully saturated rings. The lowest BCUT2D eigenvalue weighted by Crippen LogP contribution is -2.45. The molecule has 2 N–H and O–H groups in total. The van der Waals surface area contributed by atoms with E-state index < -0.39 is 77.2 Å². The average molecular weight is 606 g/mol. The molecule has 9 nitrogen and oxygen atoms in total. The van der Waals surface area contributed by atoms with Crippen LogP contribution in [0.25, 0.3) is 0 Å². The van der Waals surface area contributed by atoms with Gasteiger partial charge in [0.15, 0.2) is 23.2 Å². The summed E-state index contributed by atoms with van der Waals surface area (Å²) in [5.74, 6) is -13.4. The fourth-order valence-electron chi connectivity index (χ4n) is 4.29. The maximum absolute atomic E-state index is 13.8. The van der Waals surface area contributed by atoms with Gasteiger partial charge in [-0.15, -0.1) is 0 Å². The summed E-state index contributed by atoms with van der Waals surface area (Å²) < 4.78 is 60.1. The molecule has 1 heterocycles. The second-order valence-electron chi connectivity index (χ2n) is 10.9. The van der Waals surface area contributed by atoms with Crippen LogP contribution >= 0.6 is 0 Å². The fraction of sp³-hybridized carbons (Fsp3) is 0.367. The number of carbonyl (C=O) groups excluding carboxylic acids is 2. The van der Waals surface area contributed by atoms with Gasteiger partial charge >= 0.3 is 5.97 Å². The van der Waals surface area contributed by atoms with Gasteiger partial charge in [0, 0.05) is 24.2 Å². The molecule has 0 bridgehead atoms. The topological polar surface area (TPSA) is 128 Å². The zero-order chi connectivity index (χ0) is 32.1. The molecule has 43 heavy (non-hydrogen) atoms. The van der Waals surface area contributed by atoms with Crippen LogP contribution in [-0.4, -0.2) is 45.2 Å². The number of carbonyl (C=O) groups is 3. The van der Waals surface area contributed by atoms with Gasteiger partial charge in [0.2, 0.25) is 17.5 Å². The van der Waals surface area contributed by atoms with Crippen molar-refractivity contribution in [3.05, 3.63) is 92.9 Å². The highest BCUT2D eigenvalue weighted by molar-refractivity contribution is 5.92. The summed E-state index contributed by atoms with van der Waals surface area (Å²) in [6.45, 7) is 6.75. The van der Waals surface area contributed by atoms with Gasteiger partial charge in [0.1, 0.15) is 12.6 Å². The third-order valence-corrected chi connectivity index (χ3v) is 6.66. The lowest BCUT2D eigenvalue weighted by molar-refractivity contribution is -0.143. The van der Waals surface area contributed by atoms with E-state index in [-0.39, 0.29) is 30.0 Å². The van der Waals surface area contributed by atoms with E-state index in [1.165, 1.54) is 16.9 Å². The van der Waals surface area contributed by atoms with Gasteiger partial charge in [0.05, 0.1) is 12.5 Å². The number of hydrogen-bond acceptors (Lipinski definition) is 6. The molecular weight excluding hydrogens is 574 g/mol. The maximum Gasteiger partial charge on any atom is 0.326 e. The van der Waals surface area contributed by atoms with E-state index in [9.17, 15) is 41.8 Å². The van der Waals surface area contributed by atoms with E-state index in [1.54, 1.807) is 6.92 Å². The van der Waals surface area contributed by atoms with Gasteiger partial charge in [-0.05, 0) is 29.0 Å². The fourth-order valence-corrected chi connectivity index (χ4v) is 4.29. The standard InChI is InChI=1S/C30H31F4N3O6/c1-5-19(20-9-10-35-37(28(20)40)14-16-7-6-8-17(11-16)30(2,3)4)27(39)36-23(29(41)42)12-18(38)15-43-26-24(33)21(31)13-22(32)25(26)34/h6-11,13,19,23H,5,12,14-15H2,1-4H3,(H,36,39)(H,41,42)/t19-,23?/m0/s1. The second-order valence-corrected chi connectivity index (χ2v) is 10.9. The molecule has 2 aromatic carbocycles. The molecule has 2 atom stereocenters. The first kappa shape index (κ1) is 33.0. The van der Waals surface area contributed by atoms with Crippen molar-refractivity contribution in [2.75, 3.05) is 6.61 Å². The largest absolute Gasteiger partial charge is 0.480 e. The molecule has 230 valence electrons. The highest BCUT2D eigenvalue weighted by Gasteiger charge is 2.30. The second kappa shape index (κ2) is 13.6. The molecule has 0 aliphatic carbocycles. The van der Waals surface area contributed by atoms with Crippen molar-refractivity contribution in [3.8, 4) is 5.75 Å². The maximum atomic E-state index is 13.8. The summed E-state index contributed by atoms with van der Waals surface area (Å²) in [4.78, 5) is 50.6. The summed E-state index contributed by atoms with van der Waals surface area (Å²) in [6.07, 6.45) is 0.560. The predicted molar refractivity (Wildman–Crippen MR) is 147 cm³/mol. The Kier molecular flexibility index (Phi) is 10.4. The Balaban J connectivity index is 1.74. The van der Waals surface area contributed by atoms with E-state index in [4.69, 9.17) is 0 Å². The SMILES string of the molecule is CC[C@H](C(=O)NC(CC(=O)COc1c(F)c(F)cc(F)c1F)C(=O)O)c1ccnn(Cc2cccc(C(C)(C)C)c2)c1=O. The van der Waals surface area contributed by atoms with Crippen molar-refractivity contribution in [1.29, 1.82) is 0 Å². The first-order chi connectivity index (χ1) is 20.1. The minimum Gasteiger partial charge on any atom is -0.480 e. The number of nitrogens with one attached hydrogen (secondary N) is 1. The predicted octanol–water partition coefficient (Wildman–Crippen LogP) is 4.25. The number of Topliss-reactive ketones (excluding diaryl/α,β-unsaturated/α-hetero) is 1. The van der Waals surface area contributed by atoms with Crippen molar-refractivity contribution in [2.24, 2.45) is 0 Å². The number of hydrogen-bond donors (Lipinski definition) is 2. The minimum absolute atomic E-state index is 0.0401. The highest BCUT2D eigenvalue weighted by Crippen LogP contribution is 2.27. The van der Waals surface area contributed by atoms with Crippen molar-refractivity contribution < 1.29 is 41.8 Å². The molecule has 0 radical (unpaired) electrons. The normalized spacial score (nSPS) is 12.8. The third-order valence-electron chi connectivity index (χ3n) is 6.66. The van der Waals surface area contributed by atoms with Gasteiger partial charge in [-0.2, -0.15) is 13.9 Å². The van der Waals surface area contributed by atoms with E-state index in [0.29, 0.717) is 0 Å². The Hall–Kier alpha value is -4.55. The van der Waals surface area contributed by atoms with Crippen molar-refractivity contribution in [1.82, 2.24) is 15.1 Å². The summed E-state index contributed by atoms with van der Waals surface area (Å²) in [5.41, 5.74) is 1.23. The molecule has 1 unspecified atom stereocenters. The summed E-state index contributed by atoms with van der Waals surface area (Å²) in [7, 11) is 0. The molecule has 0 aliphatic rings. The van der Waals surface area contributed by atoms with Crippen LogP contribution in [0.3, 0.4) is 0 Å². The number of ether oxygens (including phenoxy) is 1. The van der Waals surface area contributed by atoms with Crippen LogP contribution in [-0.2, 0) is 26.3 Å². The van der Waals surface area contributed by atoms with Gasteiger partial charge in [-0.3, -0.25) is 14.4 Å². The Morgan fingerprint density at radius 1 is 1.05 bits per heavy atom. The molecule has 0 saturated carbocycles. The van der Waals surface area contributed by atoms with Gasteiger partial charge in [0.25, 0.3) is 5.56 Å². The van der Waals surface area contributed by atoms with Crippen LogP contribution in [0.15, 0.2) is 47.4 Å². The first-order valence-electron chi connectivity index (χ1n) is 13.3. The first-order valence-corrected chi connectivity index (χ1v) is 13.3. The molecule has 1 aromatic heterocycles. The molecule has 0 aliphatic heterocycles. The molecule has 3 aromatic rings. The number of carboxylic acids is 1. The quantitative estimate of drug-likeness (QED) is 0.234. The summed E-state index contributed by atoms with van der Waals surface area (Å²) >= 11 is 0. The van der Waals surface area contributed by atoms with Crippen LogP contribution in [0.5, 0.6) is 5.75 Å². The highest BCUT2D eigenvalue weighted by atomic mass is 19.2. The zero-order valence-corrected chi connectivity index (χ0v) is 23.9. The average Bonchev–Trinajstić information content (AvgIpc) is 2.93. The Morgan fingerprint density at radius 2 is 1.70 bits per heavy atom. The molecule has 0 saturated heterocycles. The number of benzene rings is 2. The Labute approximate surface area is 244 Å². The van der Waals surface area contributed by atoms with Crippen LogP contribution in [0.4, 0.5) is 17.6 Å². The van der Waals surface area contributed by atoms with Crippen LogP contribution in [0, 0.1) is 23.3 Å². The Morgan fingerprint density at radius 3 is 2.28 bits per heavy atom. The van der Waals surface area contributed by atoms with Crippen molar-refractivity contribution >= 4 is 17.7 Å². The third kappa shape index (κ3) is 8.05. The van der Waals surface area contributed by atoms with E-state index in [2.05, 4.69) is 35.9 Å². The number of rotatable bonds is 12. The summed E-state index contributed by atoms with van der Waals surface area (Å²) in [5, 5.41) is 15.9. The Bertz CT molecular complexity index is 1560. The van der Waals surface area contributed by atoms with Gasteiger partial charge < -0.3 is 15.2 Å². The van der Waals surface area contributed by atoms with Gasteiger partial charge in [-0.1, -0.05) is 52.0 Å². The molecule has 1 amide bonds. The van der Waals surface area contributed by atoms with Crippen molar-refractivity contribution in [3.63, 3.8) is 0 Å². The van der Waals surface area contributed by atoms with Crippen molar-refractivity contribution in [2.45, 2.75) is 64.5 Å².